The fourth-order valence-electron chi connectivity index (χ4n) is 12.9. The second kappa shape index (κ2) is 59.5. The minimum atomic E-state index is -1.80. The van der Waals surface area contributed by atoms with Crippen molar-refractivity contribution in [3.05, 3.63) is 59.7 Å². The number of unbranched alkanes of at least 4 members (excludes halogenated alkanes) is 2. The number of hydrogen-bond acceptors (Lipinski definition) is 25. The average Bonchev–Trinajstić information content (AvgIpc) is 1.61. The van der Waals surface area contributed by atoms with Crippen LogP contribution >= 0.6 is 11.8 Å². The number of carboxylic acid groups (broad SMARTS) is 1. The van der Waals surface area contributed by atoms with Crippen molar-refractivity contribution in [3.63, 3.8) is 0 Å². The van der Waals surface area contributed by atoms with Crippen molar-refractivity contribution in [1.82, 2.24) is 95.7 Å². The van der Waals surface area contributed by atoms with Gasteiger partial charge in [-0.2, -0.15) is 0 Å². The van der Waals surface area contributed by atoms with Gasteiger partial charge in [0.1, 0.15) is 72.2 Å². The zero-order valence-corrected chi connectivity index (χ0v) is 76.5. The zero-order chi connectivity index (χ0) is 98.6. The number of hydrogen-bond donors (Lipinski definition) is 30. The molecule has 0 bridgehead atoms. The van der Waals surface area contributed by atoms with Crippen molar-refractivity contribution in [2.24, 2.45) is 34.4 Å². The van der Waals surface area contributed by atoms with Gasteiger partial charge in [0, 0.05) is 70.3 Å². The molecule has 9 atom stereocenters. The fraction of sp³-hybridized carbons (Fsp3) is 0.598. The Hall–Kier alpha value is -13.7. The maximum absolute atomic E-state index is 15.3. The number of fused-ring (bicyclic) bond motifs is 3. The molecular weight excluding hydrogens is 1740 g/mol. The Balaban J connectivity index is 2.13. The highest BCUT2D eigenvalue weighted by atomic mass is 32.2. The van der Waals surface area contributed by atoms with Crippen molar-refractivity contribution in [2.45, 2.75) is 242 Å². The number of nitrogens with one attached hydrogen (secondary N) is 23. The molecule has 2 aromatic carbocycles. The van der Waals surface area contributed by atoms with E-state index in [1.54, 1.807) is 41.5 Å². The van der Waals surface area contributed by atoms with E-state index in [1.807, 2.05) is 48.5 Å². The molecule has 0 unspecified atom stereocenters. The maximum atomic E-state index is 15.3. The third-order valence-corrected chi connectivity index (χ3v) is 20.2. The first-order valence-electron chi connectivity index (χ1n) is 43.3. The standard InChI is InChI=1S/C82H135N29O20S/c1-46(72(124)125)103-61(113)34-42-132-63(115)44-101-62(114)43-102-64(116)52(27-16-37-94-73(84)85)104-67(119)55(28-17-38-95-74(86)87)109-71(123)59(32-33-60(83)112)110-69(121)57(30-19-40-97-76(90)91)108-68(120)56(29-18-39-96-75(88)89)107-66(118)53(25-12-14-35-99-78(126)130-81(2,3)4)105-65(117)54(26-13-15-36-100-79(127)131-82(5,6)7)106-70(122)58(31-20-41-98-77(92)93)111-80(128)129-45-51-49-23-10-8-21-47(49)48-22-9-11-24-50(48)51/h8-11,21-24,46,51-59H,12-20,25-45H2,1-7H3,(H2,83,112)(H,99,126)(H,100,127)(H,101,114)(H,102,116)(H,103,113)(H,104,119)(H,105,117)(H,106,122)(H,107,118)(H,108,120)(H,109,123)(H,110,121)(H,111,128)(H,124,125)(H4,84,85,94)(H4,86,87,95)(H4,88,89,96)(H4,90,91,97)(H4,92,93,98)/t46-,52-,53-,54-,55-,56-,57-,58-,59-/m0/s1. The monoisotopic (exact) mass is 1880 g/mol. The molecule has 734 valence electrons. The van der Waals surface area contributed by atoms with Gasteiger partial charge in [0.05, 0.1) is 13.1 Å². The lowest BCUT2D eigenvalue weighted by atomic mass is 9.98. The number of carbonyl (C=O) groups excluding carboxylic acids is 15. The number of aliphatic carboxylic acids is 1. The summed E-state index contributed by atoms with van der Waals surface area (Å²) in [6, 6.07) is 1.19. The van der Waals surface area contributed by atoms with Gasteiger partial charge in [-0.1, -0.05) is 60.3 Å². The summed E-state index contributed by atoms with van der Waals surface area (Å²) >= 11 is 0.670. The van der Waals surface area contributed by atoms with Crippen LogP contribution in [0, 0.1) is 27.0 Å². The molecule has 0 aromatic heterocycles. The summed E-state index contributed by atoms with van der Waals surface area (Å²) < 4.78 is 16.6. The first-order chi connectivity index (χ1) is 62.2. The number of benzene rings is 2. The van der Waals surface area contributed by atoms with Crippen molar-refractivity contribution in [2.75, 3.05) is 71.3 Å². The van der Waals surface area contributed by atoms with Crippen LogP contribution < -0.4 is 130 Å². The number of ether oxygens (including phenoxy) is 3. The number of rotatable bonds is 60. The van der Waals surface area contributed by atoms with Crippen molar-refractivity contribution >= 4 is 136 Å². The number of carboxylic acids is 1. The molecule has 3 rings (SSSR count). The van der Waals surface area contributed by atoms with Gasteiger partial charge in [0.15, 0.2) is 29.8 Å². The van der Waals surface area contributed by atoms with Crippen LogP contribution in [0.1, 0.15) is 188 Å². The van der Waals surface area contributed by atoms with Crippen LogP contribution in [0.3, 0.4) is 0 Å². The highest BCUT2D eigenvalue weighted by Crippen LogP contribution is 2.44. The van der Waals surface area contributed by atoms with Gasteiger partial charge in [-0.3, -0.25) is 89.4 Å². The minimum Gasteiger partial charge on any atom is -0.480 e. The number of primary amides is 1. The van der Waals surface area contributed by atoms with Crippen LogP contribution in [-0.2, 0) is 76.5 Å². The minimum absolute atomic E-state index is 0.00799. The molecule has 1 aliphatic carbocycles. The Morgan fingerprint density at radius 3 is 1.00 bits per heavy atom. The van der Waals surface area contributed by atoms with Crippen LogP contribution in [0.25, 0.3) is 11.1 Å². The number of thioether (sulfide) groups is 1. The topological polar surface area (TPSA) is 813 Å². The summed E-state index contributed by atoms with van der Waals surface area (Å²) in [6.45, 7) is 9.62. The number of amides is 14. The quantitative estimate of drug-likeness (QED) is 0.0134. The normalized spacial score (nSPS) is 13.4. The molecule has 49 nitrogen and oxygen atoms in total. The van der Waals surface area contributed by atoms with Crippen LogP contribution in [0.5, 0.6) is 0 Å². The smallest absolute Gasteiger partial charge is 0.407 e. The Morgan fingerprint density at radius 1 is 0.364 bits per heavy atom. The highest BCUT2D eigenvalue weighted by molar-refractivity contribution is 8.13. The molecule has 50 heteroatoms. The van der Waals surface area contributed by atoms with Gasteiger partial charge < -0.3 is 149 Å². The number of guanidine groups is 5. The van der Waals surface area contributed by atoms with E-state index >= 15 is 19.2 Å². The number of nitrogens with two attached hydrogens (primary N) is 6. The Bertz CT molecular complexity index is 4240. The summed E-state index contributed by atoms with van der Waals surface area (Å²) in [5, 5.41) is 93.3. The Labute approximate surface area is 769 Å². The number of carbonyl (C=O) groups is 16. The summed E-state index contributed by atoms with van der Waals surface area (Å²) in [7, 11) is 0. The molecule has 1 aliphatic rings. The summed E-state index contributed by atoms with van der Waals surface area (Å²) in [5.74, 6) is -14.7. The van der Waals surface area contributed by atoms with Crippen molar-refractivity contribution in [3.8, 4) is 11.1 Å². The van der Waals surface area contributed by atoms with E-state index in [0.717, 1.165) is 22.3 Å². The maximum Gasteiger partial charge on any atom is 0.407 e. The van der Waals surface area contributed by atoms with E-state index in [2.05, 4.69) is 95.7 Å². The first kappa shape index (κ1) is 112. The van der Waals surface area contributed by atoms with Crippen LogP contribution in [0.2, 0.25) is 0 Å². The van der Waals surface area contributed by atoms with E-state index < -0.39 is 210 Å². The first-order valence-corrected chi connectivity index (χ1v) is 44.3. The molecule has 2 aromatic rings. The van der Waals surface area contributed by atoms with Crippen molar-refractivity contribution in [1.29, 1.82) is 27.0 Å². The molecular formula is C82H135N29O20S. The molecule has 0 radical (unpaired) electrons. The Morgan fingerprint density at radius 2 is 0.674 bits per heavy atom. The molecule has 0 aliphatic heterocycles. The summed E-state index contributed by atoms with van der Waals surface area (Å²) in [6.07, 6.45) is -4.96. The predicted octanol–water partition coefficient (Wildman–Crippen LogP) is -3.27. The predicted molar refractivity (Wildman–Crippen MR) is 489 cm³/mol. The molecule has 36 N–H and O–H groups in total. The lowest BCUT2D eigenvalue weighted by Crippen LogP contribution is -2.60. The van der Waals surface area contributed by atoms with Gasteiger partial charge >= 0.3 is 24.2 Å². The average molecular weight is 1880 g/mol. The molecule has 0 heterocycles. The van der Waals surface area contributed by atoms with E-state index in [4.69, 9.17) is 80.8 Å². The largest absolute Gasteiger partial charge is 0.480 e. The third-order valence-electron chi connectivity index (χ3n) is 19.4. The number of alkyl carbamates (subject to hydrolysis) is 3. The lowest BCUT2D eigenvalue weighted by molar-refractivity contribution is -0.141. The van der Waals surface area contributed by atoms with Crippen LogP contribution in [0.15, 0.2) is 48.5 Å². The molecule has 0 fully saturated rings. The van der Waals surface area contributed by atoms with Gasteiger partial charge in [-0.15, -0.1) is 0 Å². The van der Waals surface area contributed by atoms with Gasteiger partial charge in [0.2, 0.25) is 70.1 Å². The van der Waals surface area contributed by atoms with Gasteiger partial charge in [0.25, 0.3) is 0 Å². The van der Waals surface area contributed by atoms with E-state index in [1.165, 1.54) is 6.92 Å². The van der Waals surface area contributed by atoms with Gasteiger partial charge in [-0.05, 0) is 180 Å². The molecule has 0 saturated carbocycles. The lowest BCUT2D eigenvalue weighted by Gasteiger charge is -2.28. The third kappa shape index (κ3) is 48.1. The summed E-state index contributed by atoms with van der Waals surface area (Å²) in [4.78, 5) is 220. The van der Waals surface area contributed by atoms with E-state index in [9.17, 15) is 57.5 Å². The van der Waals surface area contributed by atoms with E-state index in [-0.39, 0.29) is 179 Å². The fourth-order valence-corrected chi connectivity index (χ4v) is 13.6. The van der Waals surface area contributed by atoms with Gasteiger partial charge in [-0.25, -0.2) is 14.4 Å². The highest BCUT2D eigenvalue weighted by Gasteiger charge is 2.37. The van der Waals surface area contributed by atoms with Crippen LogP contribution in [0.4, 0.5) is 14.4 Å². The molecule has 14 amide bonds. The second-order valence-electron chi connectivity index (χ2n) is 32.8. The summed E-state index contributed by atoms with van der Waals surface area (Å²) in [5.41, 5.74) is 35.4. The Kier molecular flexibility index (Phi) is 50.6. The zero-order valence-electron chi connectivity index (χ0n) is 75.7. The molecule has 132 heavy (non-hydrogen) atoms. The molecule has 0 saturated heterocycles. The second-order valence-corrected chi connectivity index (χ2v) is 34.0. The SMILES string of the molecule is C[C@H](NC(=O)CCSC(=O)CNC(=O)CNC(=O)[C@H](CCCNC(=N)N)NC(=O)[C@H](CCCNC(=N)N)NC(=O)[C@H](CCC(N)=O)NC(=O)[C@H](CCCNC(=N)N)NC(=O)[C@H](CCCNC(=N)N)NC(=O)[C@H](CCCCNC(=O)OC(C)(C)C)NC(=O)[C@H](CCCCNC(=O)OC(C)(C)C)NC(=O)[C@H](CCCNC(=N)N)NC(=O)OCC1c2ccccc2-c2ccccc21)C(=O)O. The van der Waals surface area contributed by atoms with E-state index in [0.29, 0.717) is 11.8 Å². The van der Waals surface area contributed by atoms with Crippen LogP contribution in [-0.4, -0.2) is 266 Å². The van der Waals surface area contributed by atoms with Crippen molar-refractivity contribution < 1.29 is 96.0 Å². The molecule has 0 spiro atoms.